The molecule has 0 bridgehead atoms. The van der Waals surface area contributed by atoms with Crippen LogP contribution in [0.4, 0.5) is 0 Å². The quantitative estimate of drug-likeness (QED) is 0.780. The number of hydrogen-bond donors (Lipinski definition) is 2. The maximum absolute atomic E-state index is 9.19. The van der Waals surface area contributed by atoms with E-state index in [1.807, 2.05) is 18.2 Å². The van der Waals surface area contributed by atoms with Crippen molar-refractivity contribution in [2.45, 2.75) is 5.92 Å². The van der Waals surface area contributed by atoms with Crippen LogP contribution in [-0.4, -0.2) is 24.8 Å². The van der Waals surface area contributed by atoms with Gasteiger partial charge in [0, 0.05) is 36.6 Å². The summed E-state index contributed by atoms with van der Waals surface area (Å²) in [7, 11) is 0. The zero-order valence-electron chi connectivity index (χ0n) is 7.91. The smallest absolute Gasteiger partial charge is 0.0477 e. The topological polar surface area (TPSA) is 32.3 Å². The molecule has 2 rings (SSSR count). The van der Waals surface area contributed by atoms with Gasteiger partial charge in [-0.1, -0.05) is 23.7 Å². The van der Waals surface area contributed by atoms with Crippen LogP contribution in [0.3, 0.4) is 0 Å². The van der Waals surface area contributed by atoms with Gasteiger partial charge in [-0.2, -0.15) is 0 Å². The second-order valence-corrected chi connectivity index (χ2v) is 4.20. The fraction of sp³-hybridized carbons (Fsp3) is 0.455. The minimum Gasteiger partial charge on any atom is -0.396 e. The zero-order chi connectivity index (χ0) is 9.97. The summed E-state index contributed by atoms with van der Waals surface area (Å²) in [6.07, 6.45) is 0. The van der Waals surface area contributed by atoms with Gasteiger partial charge >= 0.3 is 0 Å². The van der Waals surface area contributed by atoms with Gasteiger partial charge in [-0.25, -0.2) is 0 Å². The van der Waals surface area contributed by atoms with E-state index in [4.69, 9.17) is 11.6 Å². The van der Waals surface area contributed by atoms with E-state index in [9.17, 15) is 5.11 Å². The molecule has 1 fully saturated rings. The highest BCUT2D eigenvalue weighted by Gasteiger charge is 2.27. The lowest BCUT2D eigenvalue weighted by Gasteiger charge is -2.16. The normalized spacial score (nSPS) is 26.7. The van der Waals surface area contributed by atoms with Gasteiger partial charge in [0.15, 0.2) is 0 Å². The lowest BCUT2D eigenvalue weighted by Crippen LogP contribution is -2.14. The van der Waals surface area contributed by atoms with E-state index < -0.39 is 0 Å². The highest BCUT2D eigenvalue weighted by atomic mass is 35.5. The number of rotatable bonds is 2. The van der Waals surface area contributed by atoms with Crippen molar-refractivity contribution in [2.24, 2.45) is 5.92 Å². The summed E-state index contributed by atoms with van der Waals surface area (Å²) in [6.45, 7) is 2.07. The first-order chi connectivity index (χ1) is 6.81. The molecule has 2 nitrogen and oxygen atoms in total. The summed E-state index contributed by atoms with van der Waals surface area (Å²) in [5.74, 6) is 0.729. The summed E-state index contributed by atoms with van der Waals surface area (Å²) >= 11 is 5.93. The maximum atomic E-state index is 9.19. The number of halogens is 1. The van der Waals surface area contributed by atoms with Crippen LogP contribution < -0.4 is 5.32 Å². The van der Waals surface area contributed by atoms with Gasteiger partial charge in [0.1, 0.15) is 0 Å². The first kappa shape index (κ1) is 9.97. The molecule has 2 atom stereocenters. The van der Waals surface area contributed by atoms with Crippen molar-refractivity contribution < 1.29 is 5.11 Å². The Morgan fingerprint density at radius 2 is 2.29 bits per heavy atom. The van der Waals surface area contributed by atoms with E-state index in [1.165, 1.54) is 5.56 Å². The van der Waals surface area contributed by atoms with Gasteiger partial charge in [-0.05, 0) is 17.7 Å². The molecule has 0 saturated carbocycles. The lowest BCUT2D eigenvalue weighted by atomic mass is 9.90. The van der Waals surface area contributed by atoms with E-state index in [0.717, 1.165) is 18.1 Å². The molecular formula is C11H14ClNO. The molecule has 1 heterocycles. The molecule has 2 N–H and O–H groups in total. The van der Waals surface area contributed by atoms with Crippen LogP contribution in [0, 0.1) is 5.92 Å². The third-order valence-corrected chi connectivity index (χ3v) is 3.09. The predicted octanol–water partition coefficient (Wildman–Crippen LogP) is 1.64. The standard InChI is InChI=1S/C11H14ClNO/c12-10-3-1-2-8(4-10)11-6-13-5-9(11)7-14/h1-4,9,11,13-14H,5-7H2/t9-,11+/m1/s1. The van der Waals surface area contributed by atoms with Crippen molar-refractivity contribution in [2.75, 3.05) is 19.7 Å². The monoisotopic (exact) mass is 211 g/mol. The molecule has 0 unspecified atom stereocenters. The molecule has 1 aromatic carbocycles. The minimum absolute atomic E-state index is 0.240. The zero-order valence-corrected chi connectivity index (χ0v) is 8.67. The molecule has 1 saturated heterocycles. The van der Waals surface area contributed by atoms with Crippen LogP contribution in [0.15, 0.2) is 24.3 Å². The molecular weight excluding hydrogens is 198 g/mol. The van der Waals surface area contributed by atoms with E-state index in [2.05, 4.69) is 11.4 Å². The summed E-state index contributed by atoms with van der Waals surface area (Å²) in [5.41, 5.74) is 1.22. The van der Waals surface area contributed by atoms with Crippen molar-refractivity contribution in [1.29, 1.82) is 0 Å². The van der Waals surface area contributed by atoms with Crippen molar-refractivity contribution in [3.8, 4) is 0 Å². The van der Waals surface area contributed by atoms with Crippen molar-refractivity contribution in [1.82, 2.24) is 5.32 Å². The van der Waals surface area contributed by atoms with Crippen LogP contribution in [0.2, 0.25) is 5.02 Å². The molecule has 0 radical (unpaired) electrons. The molecule has 14 heavy (non-hydrogen) atoms. The largest absolute Gasteiger partial charge is 0.396 e. The van der Waals surface area contributed by atoms with E-state index in [-0.39, 0.29) is 6.61 Å². The van der Waals surface area contributed by atoms with Gasteiger partial charge < -0.3 is 10.4 Å². The van der Waals surface area contributed by atoms with Crippen LogP contribution in [0.1, 0.15) is 11.5 Å². The van der Waals surface area contributed by atoms with Crippen LogP contribution >= 0.6 is 11.6 Å². The van der Waals surface area contributed by atoms with E-state index in [0.29, 0.717) is 11.8 Å². The third-order valence-electron chi connectivity index (χ3n) is 2.85. The molecule has 3 heteroatoms. The Bertz CT molecular complexity index is 316. The van der Waals surface area contributed by atoms with Crippen molar-refractivity contribution in [3.05, 3.63) is 34.9 Å². The van der Waals surface area contributed by atoms with Gasteiger partial charge in [0.05, 0.1) is 0 Å². The minimum atomic E-state index is 0.240. The van der Waals surface area contributed by atoms with Gasteiger partial charge in [0.25, 0.3) is 0 Å². The fourth-order valence-corrected chi connectivity index (χ4v) is 2.25. The molecule has 1 aliphatic heterocycles. The van der Waals surface area contributed by atoms with Crippen molar-refractivity contribution in [3.63, 3.8) is 0 Å². The lowest BCUT2D eigenvalue weighted by molar-refractivity contribution is 0.226. The van der Waals surface area contributed by atoms with Crippen molar-refractivity contribution >= 4 is 11.6 Å². The SMILES string of the molecule is OC[C@H]1CNC[C@H]1c1cccc(Cl)c1. The molecule has 1 aromatic rings. The molecule has 0 aromatic heterocycles. The molecule has 0 amide bonds. The predicted molar refractivity (Wildman–Crippen MR) is 57.6 cm³/mol. The Kier molecular flexibility index (Phi) is 3.06. The molecule has 1 aliphatic rings. The summed E-state index contributed by atoms with van der Waals surface area (Å²) < 4.78 is 0. The van der Waals surface area contributed by atoms with Crippen LogP contribution in [0.25, 0.3) is 0 Å². The average molecular weight is 212 g/mol. The molecule has 0 aliphatic carbocycles. The second-order valence-electron chi connectivity index (χ2n) is 3.76. The summed E-state index contributed by atoms with van der Waals surface area (Å²) in [5, 5.41) is 13.3. The summed E-state index contributed by atoms with van der Waals surface area (Å²) in [4.78, 5) is 0. The Hall–Kier alpha value is -0.570. The Morgan fingerprint density at radius 1 is 1.43 bits per heavy atom. The highest BCUT2D eigenvalue weighted by Crippen LogP contribution is 2.29. The first-order valence-corrected chi connectivity index (χ1v) is 5.26. The molecule has 76 valence electrons. The average Bonchev–Trinajstić information content (AvgIpc) is 2.65. The number of hydrogen-bond acceptors (Lipinski definition) is 2. The van der Waals surface area contributed by atoms with Gasteiger partial charge in [-0.15, -0.1) is 0 Å². The van der Waals surface area contributed by atoms with Gasteiger partial charge in [-0.3, -0.25) is 0 Å². The van der Waals surface area contributed by atoms with E-state index >= 15 is 0 Å². The van der Waals surface area contributed by atoms with Crippen LogP contribution in [0.5, 0.6) is 0 Å². The Morgan fingerprint density at radius 3 is 3.00 bits per heavy atom. The van der Waals surface area contributed by atoms with E-state index in [1.54, 1.807) is 0 Å². The third kappa shape index (κ3) is 1.92. The summed E-state index contributed by atoms with van der Waals surface area (Å²) in [6, 6.07) is 7.90. The van der Waals surface area contributed by atoms with Gasteiger partial charge in [0.2, 0.25) is 0 Å². The number of aliphatic hydroxyl groups excluding tert-OH is 1. The Labute approximate surface area is 88.9 Å². The maximum Gasteiger partial charge on any atom is 0.0477 e. The number of aliphatic hydroxyl groups is 1. The second kappa shape index (κ2) is 4.30. The Balaban J connectivity index is 2.21. The number of benzene rings is 1. The van der Waals surface area contributed by atoms with Crippen LogP contribution in [-0.2, 0) is 0 Å². The highest BCUT2D eigenvalue weighted by molar-refractivity contribution is 6.30. The fourth-order valence-electron chi connectivity index (χ4n) is 2.05. The number of nitrogens with one attached hydrogen (secondary N) is 1. The first-order valence-electron chi connectivity index (χ1n) is 4.88. The molecule has 0 spiro atoms.